The van der Waals surface area contributed by atoms with Crippen LogP contribution in [0.25, 0.3) is 0 Å². The number of halogens is 2. The van der Waals surface area contributed by atoms with E-state index in [9.17, 15) is 0 Å². The summed E-state index contributed by atoms with van der Waals surface area (Å²) in [5.74, 6) is 6.50. The van der Waals surface area contributed by atoms with Gasteiger partial charge in [-0.05, 0) is 19.4 Å². The molecular formula is C14H17Cl2NO. The Morgan fingerprint density at radius 1 is 1.28 bits per heavy atom. The van der Waals surface area contributed by atoms with Gasteiger partial charge in [-0.1, -0.05) is 48.4 Å². The lowest BCUT2D eigenvalue weighted by atomic mass is 10.1. The van der Waals surface area contributed by atoms with Crippen molar-refractivity contribution in [3.8, 4) is 17.6 Å². The third-order valence-corrected chi connectivity index (χ3v) is 2.92. The highest BCUT2D eigenvalue weighted by molar-refractivity contribution is 6.35. The summed E-state index contributed by atoms with van der Waals surface area (Å²) in [4.78, 5) is 0. The fourth-order valence-corrected chi connectivity index (χ4v) is 1.86. The van der Waals surface area contributed by atoms with Gasteiger partial charge in [0.25, 0.3) is 0 Å². The lowest BCUT2D eigenvalue weighted by Crippen LogP contribution is -2.16. The molecule has 0 radical (unpaired) electrons. The van der Waals surface area contributed by atoms with E-state index in [0.29, 0.717) is 28.0 Å². The Morgan fingerprint density at radius 3 is 2.61 bits per heavy atom. The summed E-state index contributed by atoms with van der Waals surface area (Å²) in [5, 5.41) is 1.04. The summed E-state index contributed by atoms with van der Waals surface area (Å²) in [5.41, 5.74) is 6.50. The maximum Gasteiger partial charge on any atom is 0.139 e. The largest absolute Gasteiger partial charge is 0.492 e. The quantitative estimate of drug-likeness (QED) is 0.853. The van der Waals surface area contributed by atoms with E-state index in [1.165, 1.54) is 0 Å². The van der Waals surface area contributed by atoms with Crippen molar-refractivity contribution in [2.75, 3.05) is 6.61 Å². The number of hydrogen-bond donors (Lipinski definition) is 1. The fourth-order valence-electron chi connectivity index (χ4n) is 1.44. The predicted molar refractivity (Wildman–Crippen MR) is 77.4 cm³/mol. The van der Waals surface area contributed by atoms with Crippen LogP contribution >= 0.6 is 23.2 Å². The van der Waals surface area contributed by atoms with Gasteiger partial charge in [0.15, 0.2) is 0 Å². The van der Waals surface area contributed by atoms with Gasteiger partial charge in [0.2, 0.25) is 0 Å². The molecule has 1 rings (SSSR count). The molecule has 0 saturated carbocycles. The van der Waals surface area contributed by atoms with E-state index in [-0.39, 0.29) is 6.04 Å². The van der Waals surface area contributed by atoms with E-state index in [4.69, 9.17) is 33.7 Å². The van der Waals surface area contributed by atoms with Crippen LogP contribution in [0.4, 0.5) is 0 Å². The van der Waals surface area contributed by atoms with Crippen LogP contribution < -0.4 is 10.5 Å². The Hall–Kier alpha value is -0.880. The van der Waals surface area contributed by atoms with Crippen LogP contribution in [-0.4, -0.2) is 12.6 Å². The van der Waals surface area contributed by atoms with Crippen molar-refractivity contribution in [2.24, 2.45) is 5.73 Å². The molecule has 0 fully saturated rings. The maximum absolute atomic E-state index is 6.12. The Balaban J connectivity index is 2.94. The van der Waals surface area contributed by atoms with E-state index in [2.05, 4.69) is 18.8 Å². The normalized spacial score (nSPS) is 11.6. The van der Waals surface area contributed by atoms with Gasteiger partial charge in [-0.25, -0.2) is 0 Å². The van der Waals surface area contributed by atoms with E-state index >= 15 is 0 Å². The first-order valence-electron chi connectivity index (χ1n) is 5.97. The maximum atomic E-state index is 6.12. The van der Waals surface area contributed by atoms with Crippen LogP contribution in [0.1, 0.15) is 32.3 Å². The molecule has 1 atom stereocenters. The predicted octanol–water partition coefficient (Wildman–Crippen LogP) is 3.87. The molecule has 1 aromatic carbocycles. The van der Waals surface area contributed by atoms with Gasteiger partial charge in [0.05, 0.1) is 22.7 Å². The lowest BCUT2D eigenvalue weighted by Gasteiger charge is -2.07. The van der Waals surface area contributed by atoms with Gasteiger partial charge >= 0.3 is 0 Å². The number of ether oxygens (including phenoxy) is 1. The number of hydrogen-bond acceptors (Lipinski definition) is 2. The third-order valence-electron chi connectivity index (χ3n) is 2.31. The summed E-state index contributed by atoms with van der Waals surface area (Å²) in [6, 6.07) is 3.26. The number of nitrogens with two attached hydrogens (primary N) is 1. The average molecular weight is 286 g/mol. The smallest absolute Gasteiger partial charge is 0.139 e. The van der Waals surface area contributed by atoms with Crippen molar-refractivity contribution in [3.05, 3.63) is 27.7 Å². The molecule has 0 bridgehead atoms. The van der Waals surface area contributed by atoms with Crippen molar-refractivity contribution in [1.29, 1.82) is 0 Å². The molecule has 18 heavy (non-hydrogen) atoms. The molecule has 0 saturated heterocycles. The highest BCUT2D eigenvalue weighted by atomic mass is 35.5. The second-order valence-electron chi connectivity index (χ2n) is 3.86. The van der Waals surface area contributed by atoms with Crippen molar-refractivity contribution >= 4 is 23.2 Å². The fraction of sp³-hybridized carbons (Fsp3) is 0.429. The Labute approximate surface area is 118 Å². The molecule has 0 aromatic heterocycles. The van der Waals surface area contributed by atoms with E-state index in [1.807, 2.05) is 6.92 Å². The molecule has 4 heteroatoms. The molecular weight excluding hydrogens is 269 g/mol. The van der Waals surface area contributed by atoms with E-state index in [1.54, 1.807) is 12.1 Å². The number of benzene rings is 1. The molecule has 0 aliphatic carbocycles. The topological polar surface area (TPSA) is 35.2 Å². The minimum absolute atomic E-state index is 0.128. The molecule has 0 aliphatic heterocycles. The highest BCUT2D eigenvalue weighted by Gasteiger charge is 2.06. The van der Waals surface area contributed by atoms with Gasteiger partial charge < -0.3 is 10.5 Å². The zero-order valence-corrected chi connectivity index (χ0v) is 12.1. The lowest BCUT2D eigenvalue weighted by molar-refractivity contribution is 0.340. The summed E-state index contributed by atoms with van der Waals surface area (Å²) >= 11 is 12.2. The zero-order valence-electron chi connectivity index (χ0n) is 10.6. The second-order valence-corrected chi connectivity index (χ2v) is 4.67. The van der Waals surface area contributed by atoms with Crippen molar-refractivity contribution in [1.82, 2.24) is 0 Å². The van der Waals surface area contributed by atoms with Crippen LogP contribution in [0.5, 0.6) is 5.75 Å². The summed E-state index contributed by atoms with van der Waals surface area (Å²) in [7, 11) is 0. The molecule has 1 unspecified atom stereocenters. The van der Waals surface area contributed by atoms with Crippen LogP contribution in [0.3, 0.4) is 0 Å². The van der Waals surface area contributed by atoms with Gasteiger partial charge in [0, 0.05) is 11.6 Å². The first-order chi connectivity index (χ1) is 8.58. The second kappa shape index (κ2) is 7.53. The first-order valence-corrected chi connectivity index (χ1v) is 6.73. The minimum atomic E-state index is -0.128. The average Bonchev–Trinajstić information content (AvgIpc) is 2.32. The SMILES string of the molecule is CCCC(N)C#Cc1cc(Cl)c(OCC)cc1Cl. The van der Waals surface area contributed by atoms with E-state index < -0.39 is 0 Å². The van der Waals surface area contributed by atoms with Crippen LogP contribution in [0, 0.1) is 11.8 Å². The highest BCUT2D eigenvalue weighted by Crippen LogP contribution is 2.30. The standard InChI is InChI=1S/C14H17Cl2NO/c1-3-5-11(17)7-6-10-8-13(16)14(18-4-2)9-12(10)15/h8-9,11H,3-5,17H2,1-2H3. The molecule has 2 nitrogen and oxygen atoms in total. The van der Waals surface area contributed by atoms with Crippen molar-refractivity contribution in [2.45, 2.75) is 32.7 Å². The Kier molecular flexibility index (Phi) is 6.35. The molecule has 0 heterocycles. The van der Waals surface area contributed by atoms with Crippen molar-refractivity contribution < 1.29 is 4.74 Å². The number of rotatable bonds is 4. The van der Waals surface area contributed by atoms with Crippen molar-refractivity contribution in [3.63, 3.8) is 0 Å². The molecule has 0 spiro atoms. The summed E-state index contributed by atoms with van der Waals surface area (Å²) in [6.07, 6.45) is 1.88. The van der Waals surface area contributed by atoms with Crippen LogP contribution in [0.15, 0.2) is 12.1 Å². The summed E-state index contributed by atoms with van der Waals surface area (Å²) in [6.45, 7) is 4.51. The van der Waals surface area contributed by atoms with Gasteiger partial charge in [-0.3, -0.25) is 0 Å². The summed E-state index contributed by atoms with van der Waals surface area (Å²) < 4.78 is 5.35. The molecule has 0 aliphatic rings. The molecule has 0 amide bonds. The molecule has 98 valence electrons. The molecule has 1 aromatic rings. The van der Waals surface area contributed by atoms with E-state index in [0.717, 1.165) is 12.8 Å². The van der Waals surface area contributed by atoms with Gasteiger partial charge in [-0.2, -0.15) is 0 Å². The van der Waals surface area contributed by atoms with Crippen LogP contribution in [0.2, 0.25) is 10.0 Å². The zero-order chi connectivity index (χ0) is 13.5. The minimum Gasteiger partial charge on any atom is -0.492 e. The monoisotopic (exact) mass is 285 g/mol. The Morgan fingerprint density at radius 2 is 2.00 bits per heavy atom. The molecule has 2 N–H and O–H groups in total. The van der Waals surface area contributed by atoms with Gasteiger partial charge in [0.1, 0.15) is 5.75 Å². The van der Waals surface area contributed by atoms with Crippen LogP contribution in [-0.2, 0) is 0 Å². The first kappa shape index (κ1) is 15.2. The third kappa shape index (κ3) is 4.42. The Bertz CT molecular complexity index is 463. The van der Waals surface area contributed by atoms with Gasteiger partial charge in [-0.15, -0.1) is 0 Å².